The SMILES string of the molecule is COc1ccccc1Nc1nc(N)nc(CN2CCCC2)n1. The van der Waals surface area contributed by atoms with Crippen LogP contribution in [0.2, 0.25) is 0 Å². The molecule has 1 saturated heterocycles. The maximum Gasteiger partial charge on any atom is 0.232 e. The van der Waals surface area contributed by atoms with Crippen LogP contribution in [0.1, 0.15) is 18.7 Å². The van der Waals surface area contributed by atoms with Crippen molar-refractivity contribution in [1.82, 2.24) is 19.9 Å². The van der Waals surface area contributed by atoms with Gasteiger partial charge in [0, 0.05) is 0 Å². The van der Waals surface area contributed by atoms with E-state index in [1.807, 2.05) is 24.3 Å². The summed E-state index contributed by atoms with van der Waals surface area (Å²) in [5, 5.41) is 3.14. The lowest BCUT2D eigenvalue weighted by Crippen LogP contribution is -2.21. The molecule has 22 heavy (non-hydrogen) atoms. The van der Waals surface area contributed by atoms with Gasteiger partial charge in [-0.15, -0.1) is 0 Å². The number of rotatable bonds is 5. The first kappa shape index (κ1) is 14.5. The predicted octanol–water partition coefficient (Wildman–Crippen LogP) is 1.80. The van der Waals surface area contributed by atoms with Crippen LogP contribution in [0.25, 0.3) is 0 Å². The molecule has 0 amide bonds. The van der Waals surface area contributed by atoms with Gasteiger partial charge in [-0.3, -0.25) is 4.90 Å². The minimum absolute atomic E-state index is 0.224. The van der Waals surface area contributed by atoms with Crippen molar-refractivity contribution in [2.75, 3.05) is 31.2 Å². The number of benzene rings is 1. The molecule has 0 aliphatic carbocycles. The van der Waals surface area contributed by atoms with Gasteiger partial charge in [0.25, 0.3) is 0 Å². The third-order valence-corrected chi connectivity index (χ3v) is 3.62. The molecule has 2 aromatic rings. The van der Waals surface area contributed by atoms with E-state index in [4.69, 9.17) is 10.5 Å². The van der Waals surface area contributed by atoms with E-state index in [1.165, 1.54) is 12.8 Å². The zero-order chi connectivity index (χ0) is 15.4. The molecule has 0 bridgehead atoms. The van der Waals surface area contributed by atoms with Crippen molar-refractivity contribution in [2.24, 2.45) is 0 Å². The number of methoxy groups -OCH3 is 1. The van der Waals surface area contributed by atoms with Gasteiger partial charge in [-0.25, -0.2) is 0 Å². The molecule has 0 unspecified atom stereocenters. The van der Waals surface area contributed by atoms with Crippen molar-refractivity contribution in [1.29, 1.82) is 0 Å². The molecule has 7 nitrogen and oxygen atoms in total. The second kappa shape index (κ2) is 6.57. The molecule has 3 rings (SSSR count). The first-order valence-corrected chi connectivity index (χ1v) is 7.37. The second-order valence-corrected chi connectivity index (χ2v) is 5.24. The number of ether oxygens (including phenoxy) is 1. The van der Waals surface area contributed by atoms with Gasteiger partial charge in [-0.05, 0) is 38.1 Å². The number of likely N-dealkylation sites (tertiary alicyclic amines) is 1. The Kier molecular flexibility index (Phi) is 4.34. The van der Waals surface area contributed by atoms with Crippen molar-refractivity contribution in [2.45, 2.75) is 19.4 Å². The molecule has 0 radical (unpaired) electrons. The fraction of sp³-hybridized carbons (Fsp3) is 0.400. The summed E-state index contributed by atoms with van der Waals surface area (Å²) < 4.78 is 5.31. The highest BCUT2D eigenvalue weighted by atomic mass is 16.5. The van der Waals surface area contributed by atoms with Crippen LogP contribution in [-0.2, 0) is 6.54 Å². The zero-order valence-electron chi connectivity index (χ0n) is 12.6. The Labute approximate surface area is 129 Å². The van der Waals surface area contributed by atoms with Crippen LogP contribution < -0.4 is 15.8 Å². The number of nitrogen functional groups attached to an aromatic ring is 1. The topological polar surface area (TPSA) is 89.2 Å². The van der Waals surface area contributed by atoms with Crippen LogP contribution in [0.3, 0.4) is 0 Å². The molecule has 2 heterocycles. The average Bonchev–Trinajstić information content (AvgIpc) is 3.00. The fourth-order valence-electron chi connectivity index (χ4n) is 2.57. The summed E-state index contributed by atoms with van der Waals surface area (Å²) in [5.74, 6) is 2.07. The highest BCUT2D eigenvalue weighted by Gasteiger charge is 2.15. The molecule has 116 valence electrons. The molecule has 1 aromatic heterocycles. The highest BCUT2D eigenvalue weighted by Crippen LogP contribution is 2.25. The lowest BCUT2D eigenvalue weighted by molar-refractivity contribution is 0.322. The normalized spacial score (nSPS) is 15.0. The number of nitrogens with two attached hydrogens (primary N) is 1. The summed E-state index contributed by atoms with van der Waals surface area (Å²) in [6.07, 6.45) is 2.46. The van der Waals surface area contributed by atoms with Gasteiger partial charge in [0.2, 0.25) is 11.9 Å². The van der Waals surface area contributed by atoms with E-state index >= 15 is 0 Å². The van der Waals surface area contributed by atoms with Crippen LogP contribution in [0.15, 0.2) is 24.3 Å². The molecular weight excluding hydrogens is 280 g/mol. The zero-order valence-corrected chi connectivity index (χ0v) is 12.6. The maximum atomic E-state index is 5.81. The lowest BCUT2D eigenvalue weighted by atomic mass is 10.3. The molecule has 0 spiro atoms. The standard InChI is InChI=1S/C15H20N6O/c1-22-12-7-3-2-6-11(12)17-15-19-13(18-14(16)20-15)10-21-8-4-5-9-21/h2-3,6-7H,4-5,8-10H2,1H3,(H3,16,17,18,19,20). The quantitative estimate of drug-likeness (QED) is 0.870. The van der Waals surface area contributed by atoms with E-state index in [0.717, 1.165) is 24.5 Å². The Morgan fingerprint density at radius 1 is 1.18 bits per heavy atom. The van der Waals surface area contributed by atoms with Crippen molar-refractivity contribution < 1.29 is 4.74 Å². The minimum Gasteiger partial charge on any atom is -0.495 e. The second-order valence-electron chi connectivity index (χ2n) is 5.24. The third kappa shape index (κ3) is 3.43. The Bertz CT molecular complexity index is 642. The summed E-state index contributed by atoms with van der Waals surface area (Å²) in [6, 6.07) is 7.60. The van der Waals surface area contributed by atoms with Crippen LogP contribution >= 0.6 is 0 Å². The van der Waals surface area contributed by atoms with Gasteiger partial charge in [0.1, 0.15) is 11.6 Å². The minimum atomic E-state index is 0.224. The van der Waals surface area contributed by atoms with Crippen molar-refractivity contribution in [3.8, 4) is 5.75 Å². The molecule has 7 heteroatoms. The van der Waals surface area contributed by atoms with Crippen LogP contribution in [0.4, 0.5) is 17.6 Å². The largest absolute Gasteiger partial charge is 0.495 e. The number of hydrogen-bond acceptors (Lipinski definition) is 7. The summed E-state index contributed by atoms with van der Waals surface area (Å²) in [4.78, 5) is 15.2. The molecular formula is C15H20N6O. The molecule has 3 N–H and O–H groups in total. The number of nitrogens with zero attached hydrogens (tertiary/aromatic N) is 4. The van der Waals surface area contributed by atoms with Crippen LogP contribution in [0, 0.1) is 0 Å². The number of para-hydroxylation sites is 2. The Morgan fingerprint density at radius 3 is 2.73 bits per heavy atom. The summed E-state index contributed by atoms with van der Waals surface area (Å²) in [7, 11) is 1.63. The maximum absolute atomic E-state index is 5.81. The predicted molar refractivity (Wildman–Crippen MR) is 85.0 cm³/mol. The molecule has 1 aliphatic rings. The van der Waals surface area contributed by atoms with Crippen LogP contribution in [0.5, 0.6) is 5.75 Å². The summed E-state index contributed by atoms with van der Waals surface area (Å²) in [6.45, 7) is 2.87. The van der Waals surface area contributed by atoms with E-state index in [2.05, 4.69) is 25.2 Å². The Balaban J connectivity index is 1.79. The Morgan fingerprint density at radius 2 is 1.95 bits per heavy atom. The van der Waals surface area contributed by atoms with E-state index < -0.39 is 0 Å². The van der Waals surface area contributed by atoms with Gasteiger partial charge in [0.15, 0.2) is 0 Å². The first-order valence-electron chi connectivity index (χ1n) is 7.37. The van der Waals surface area contributed by atoms with E-state index in [0.29, 0.717) is 18.3 Å². The van der Waals surface area contributed by atoms with Gasteiger partial charge in [-0.2, -0.15) is 15.0 Å². The average molecular weight is 300 g/mol. The van der Waals surface area contributed by atoms with Gasteiger partial charge in [0.05, 0.1) is 19.3 Å². The van der Waals surface area contributed by atoms with Crippen LogP contribution in [-0.4, -0.2) is 40.1 Å². The molecule has 1 aliphatic heterocycles. The summed E-state index contributed by atoms with van der Waals surface area (Å²) >= 11 is 0. The van der Waals surface area contributed by atoms with Crippen molar-refractivity contribution >= 4 is 17.6 Å². The fourth-order valence-corrected chi connectivity index (χ4v) is 2.57. The summed E-state index contributed by atoms with van der Waals surface area (Å²) in [5.41, 5.74) is 6.60. The van der Waals surface area contributed by atoms with E-state index in [9.17, 15) is 0 Å². The highest BCUT2D eigenvalue weighted by molar-refractivity contribution is 5.62. The smallest absolute Gasteiger partial charge is 0.232 e. The van der Waals surface area contributed by atoms with E-state index in [-0.39, 0.29) is 5.95 Å². The van der Waals surface area contributed by atoms with Gasteiger partial charge >= 0.3 is 0 Å². The third-order valence-electron chi connectivity index (χ3n) is 3.62. The van der Waals surface area contributed by atoms with Crippen molar-refractivity contribution in [3.05, 3.63) is 30.1 Å². The molecule has 0 saturated carbocycles. The van der Waals surface area contributed by atoms with Crippen molar-refractivity contribution in [3.63, 3.8) is 0 Å². The molecule has 1 fully saturated rings. The number of hydrogen-bond donors (Lipinski definition) is 2. The number of anilines is 3. The number of nitrogens with one attached hydrogen (secondary N) is 1. The molecule has 0 atom stereocenters. The molecule has 1 aromatic carbocycles. The first-order chi connectivity index (χ1) is 10.7. The Hall–Kier alpha value is -2.41. The lowest BCUT2D eigenvalue weighted by Gasteiger charge is -2.14. The number of aromatic nitrogens is 3. The monoisotopic (exact) mass is 300 g/mol. The van der Waals surface area contributed by atoms with Gasteiger partial charge in [-0.1, -0.05) is 12.1 Å². The van der Waals surface area contributed by atoms with Gasteiger partial charge < -0.3 is 15.8 Å². The van der Waals surface area contributed by atoms with E-state index in [1.54, 1.807) is 7.11 Å².